The van der Waals surface area contributed by atoms with Crippen LogP contribution in [0.5, 0.6) is 0 Å². The first-order valence-corrected chi connectivity index (χ1v) is 9.74. The van der Waals surface area contributed by atoms with Gasteiger partial charge < -0.3 is 15.1 Å². The first-order valence-electron chi connectivity index (χ1n) is 8.51. The Labute approximate surface area is 148 Å². The number of para-hydroxylation sites is 1. The van der Waals surface area contributed by atoms with E-state index in [-0.39, 0.29) is 11.8 Å². The van der Waals surface area contributed by atoms with E-state index < -0.39 is 0 Å². The fraction of sp³-hybridized carbons (Fsp3) is 0.556. The lowest BCUT2D eigenvalue weighted by atomic mass is 9.99. The minimum atomic E-state index is -0.0610. The highest BCUT2D eigenvalue weighted by Gasteiger charge is 2.23. The van der Waals surface area contributed by atoms with E-state index in [4.69, 9.17) is 0 Å². The van der Waals surface area contributed by atoms with Gasteiger partial charge in [-0.05, 0) is 37.1 Å². The SMILES string of the molecule is CSc1ccccc1NC(=O)C[NH+](C)CC(=O)N1CCC(C)CC1. The number of piperidine rings is 1. The van der Waals surface area contributed by atoms with Gasteiger partial charge in [-0.25, -0.2) is 0 Å². The van der Waals surface area contributed by atoms with Crippen molar-refractivity contribution in [2.24, 2.45) is 5.92 Å². The first kappa shape index (κ1) is 18.8. The van der Waals surface area contributed by atoms with E-state index in [1.807, 2.05) is 42.5 Å². The molecule has 1 unspecified atom stereocenters. The average Bonchev–Trinajstić information content (AvgIpc) is 2.55. The smallest absolute Gasteiger partial charge is 0.279 e. The van der Waals surface area contributed by atoms with Gasteiger partial charge in [0.25, 0.3) is 11.8 Å². The third-order valence-electron chi connectivity index (χ3n) is 4.43. The van der Waals surface area contributed by atoms with Crippen molar-refractivity contribution in [2.75, 3.05) is 44.8 Å². The van der Waals surface area contributed by atoms with Crippen LogP contribution in [0.25, 0.3) is 0 Å². The summed E-state index contributed by atoms with van der Waals surface area (Å²) in [7, 11) is 1.89. The van der Waals surface area contributed by atoms with E-state index in [0.29, 0.717) is 19.0 Å². The van der Waals surface area contributed by atoms with Crippen LogP contribution in [0.4, 0.5) is 5.69 Å². The largest absolute Gasteiger partial charge is 0.338 e. The van der Waals surface area contributed by atoms with Crippen LogP contribution in [-0.2, 0) is 9.59 Å². The third kappa shape index (κ3) is 5.53. The second-order valence-electron chi connectivity index (χ2n) is 6.62. The molecule has 24 heavy (non-hydrogen) atoms. The number of amides is 2. The molecule has 2 rings (SSSR count). The normalized spacial score (nSPS) is 16.7. The molecular weight excluding hydrogens is 322 g/mol. The highest BCUT2D eigenvalue weighted by atomic mass is 32.2. The van der Waals surface area contributed by atoms with Gasteiger partial charge in [-0.2, -0.15) is 0 Å². The summed E-state index contributed by atoms with van der Waals surface area (Å²) in [6.45, 7) is 4.59. The maximum atomic E-state index is 12.3. The van der Waals surface area contributed by atoms with Crippen LogP contribution in [0, 0.1) is 5.92 Å². The van der Waals surface area contributed by atoms with Gasteiger partial charge >= 0.3 is 0 Å². The number of carbonyl (C=O) groups excluding carboxylic acids is 2. The predicted molar refractivity (Wildman–Crippen MR) is 98.5 cm³/mol. The summed E-state index contributed by atoms with van der Waals surface area (Å²) in [4.78, 5) is 28.4. The molecule has 1 aliphatic heterocycles. The van der Waals surface area contributed by atoms with E-state index in [1.165, 1.54) is 0 Å². The summed E-state index contributed by atoms with van der Waals surface area (Å²) in [5.74, 6) is 0.798. The van der Waals surface area contributed by atoms with Gasteiger partial charge in [0, 0.05) is 18.0 Å². The molecule has 132 valence electrons. The van der Waals surface area contributed by atoms with Crippen molar-refractivity contribution in [2.45, 2.75) is 24.7 Å². The van der Waals surface area contributed by atoms with Crippen molar-refractivity contribution in [1.29, 1.82) is 0 Å². The molecule has 1 fully saturated rings. The monoisotopic (exact) mass is 350 g/mol. The van der Waals surface area contributed by atoms with Crippen LogP contribution < -0.4 is 10.2 Å². The molecule has 2 amide bonds. The quantitative estimate of drug-likeness (QED) is 0.756. The Morgan fingerprint density at radius 1 is 1.25 bits per heavy atom. The minimum absolute atomic E-state index is 0.0610. The fourth-order valence-electron chi connectivity index (χ4n) is 2.91. The van der Waals surface area contributed by atoms with E-state index in [0.717, 1.165) is 41.4 Å². The van der Waals surface area contributed by atoms with Gasteiger partial charge in [0.05, 0.1) is 12.7 Å². The maximum absolute atomic E-state index is 12.3. The summed E-state index contributed by atoms with van der Waals surface area (Å²) in [5.41, 5.74) is 0.833. The molecule has 1 aromatic rings. The molecule has 1 saturated heterocycles. The van der Waals surface area contributed by atoms with Crippen molar-refractivity contribution in [3.05, 3.63) is 24.3 Å². The minimum Gasteiger partial charge on any atom is -0.338 e. The molecule has 0 spiro atoms. The van der Waals surface area contributed by atoms with Crippen LogP contribution in [0.2, 0.25) is 0 Å². The number of rotatable bonds is 6. The third-order valence-corrected chi connectivity index (χ3v) is 5.23. The number of carbonyl (C=O) groups is 2. The molecule has 6 heteroatoms. The summed E-state index contributed by atoms with van der Waals surface area (Å²) < 4.78 is 0. The van der Waals surface area contributed by atoms with Gasteiger partial charge in [-0.15, -0.1) is 11.8 Å². The molecule has 0 aliphatic carbocycles. The Bertz CT molecular complexity index is 571. The van der Waals surface area contributed by atoms with Crippen LogP contribution in [-0.4, -0.2) is 56.2 Å². The molecule has 5 nitrogen and oxygen atoms in total. The van der Waals surface area contributed by atoms with Gasteiger partial charge in [0.15, 0.2) is 13.1 Å². The highest BCUT2D eigenvalue weighted by molar-refractivity contribution is 7.98. The number of likely N-dealkylation sites (tertiary alicyclic amines) is 1. The molecule has 0 bridgehead atoms. The summed E-state index contributed by atoms with van der Waals surface area (Å²) in [6, 6.07) is 7.75. The molecule has 0 aromatic heterocycles. The molecule has 2 N–H and O–H groups in total. The van der Waals surface area contributed by atoms with Crippen LogP contribution in [0.3, 0.4) is 0 Å². The Morgan fingerprint density at radius 3 is 2.58 bits per heavy atom. The van der Waals surface area contributed by atoms with Crippen molar-refractivity contribution in [3.63, 3.8) is 0 Å². The average molecular weight is 351 g/mol. The summed E-state index contributed by atoms with van der Waals surface area (Å²) in [5, 5.41) is 2.95. The fourth-order valence-corrected chi connectivity index (χ4v) is 3.46. The van der Waals surface area contributed by atoms with E-state index >= 15 is 0 Å². The molecule has 1 aromatic carbocycles. The number of nitrogens with zero attached hydrogens (tertiary/aromatic N) is 1. The van der Waals surface area contributed by atoms with Crippen LogP contribution >= 0.6 is 11.8 Å². The predicted octanol–water partition coefficient (Wildman–Crippen LogP) is 1.12. The lowest BCUT2D eigenvalue weighted by molar-refractivity contribution is -0.862. The Morgan fingerprint density at radius 2 is 1.92 bits per heavy atom. The number of nitrogens with one attached hydrogen (secondary N) is 2. The number of quaternary nitrogens is 1. The highest BCUT2D eigenvalue weighted by Crippen LogP contribution is 2.24. The number of benzene rings is 1. The van der Waals surface area contributed by atoms with Crippen LogP contribution in [0.15, 0.2) is 29.2 Å². The van der Waals surface area contributed by atoms with Crippen LogP contribution in [0.1, 0.15) is 19.8 Å². The Kier molecular flexibility index (Phi) is 7.12. The lowest BCUT2D eigenvalue weighted by Crippen LogP contribution is -3.11. The number of hydrogen-bond acceptors (Lipinski definition) is 3. The van der Waals surface area contributed by atoms with Crippen molar-refractivity contribution in [1.82, 2.24) is 4.90 Å². The second-order valence-corrected chi connectivity index (χ2v) is 7.47. The van der Waals surface area contributed by atoms with Gasteiger partial charge in [-0.3, -0.25) is 9.59 Å². The van der Waals surface area contributed by atoms with Crippen molar-refractivity contribution >= 4 is 29.3 Å². The second kappa shape index (κ2) is 9.08. The number of likely N-dealkylation sites (N-methyl/N-ethyl adjacent to an activating group) is 1. The zero-order valence-electron chi connectivity index (χ0n) is 14.8. The van der Waals surface area contributed by atoms with Crippen molar-refractivity contribution < 1.29 is 14.5 Å². The van der Waals surface area contributed by atoms with E-state index in [1.54, 1.807) is 11.8 Å². The molecule has 1 heterocycles. The summed E-state index contributed by atoms with van der Waals surface area (Å²) in [6.07, 6.45) is 4.15. The summed E-state index contributed by atoms with van der Waals surface area (Å²) >= 11 is 1.60. The molecule has 1 aliphatic rings. The van der Waals surface area contributed by atoms with Crippen molar-refractivity contribution in [3.8, 4) is 0 Å². The molecule has 0 saturated carbocycles. The molecule has 0 radical (unpaired) electrons. The number of thioether (sulfide) groups is 1. The Hall–Kier alpha value is -1.53. The van der Waals surface area contributed by atoms with E-state index in [2.05, 4.69) is 12.2 Å². The van der Waals surface area contributed by atoms with E-state index in [9.17, 15) is 9.59 Å². The van der Waals surface area contributed by atoms with Gasteiger partial charge in [0.1, 0.15) is 0 Å². The number of hydrogen-bond donors (Lipinski definition) is 2. The standard InChI is InChI=1S/C18H27N3O2S/c1-14-8-10-21(11-9-14)18(23)13-20(2)12-17(22)19-15-6-4-5-7-16(15)24-3/h4-7,14H,8-13H2,1-3H3,(H,19,22)/p+1. The maximum Gasteiger partial charge on any atom is 0.279 e. The number of anilines is 1. The zero-order chi connectivity index (χ0) is 17.5. The zero-order valence-corrected chi connectivity index (χ0v) is 15.6. The first-order chi connectivity index (χ1) is 11.5. The molecular formula is C18H28N3O2S+. The van der Waals surface area contributed by atoms with Gasteiger partial charge in [0.2, 0.25) is 0 Å². The lowest BCUT2D eigenvalue weighted by Gasteiger charge is -2.30. The topological polar surface area (TPSA) is 53.9 Å². The Balaban J connectivity index is 1.80. The molecule has 1 atom stereocenters. The van der Waals surface area contributed by atoms with Gasteiger partial charge in [-0.1, -0.05) is 19.1 Å².